The molecule has 0 spiro atoms. The van der Waals surface area contributed by atoms with E-state index in [9.17, 15) is 4.79 Å². The van der Waals surface area contributed by atoms with Crippen LogP contribution in [0.3, 0.4) is 0 Å². The van der Waals surface area contributed by atoms with Gasteiger partial charge >= 0.3 is 0 Å². The van der Waals surface area contributed by atoms with E-state index in [4.69, 9.17) is 10.5 Å². The van der Waals surface area contributed by atoms with E-state index in [0.29, 0.717) is 13.1 Å². The second kappa shape index (κ2) is 7.38. The molecule has 0 bridgehead atoms. The Balaban J connectivity index is 2.35. The lowest BCUT2D eigenvalue weighted by molar-refractivity contribution is -0.124. The molecule has 1 amide bonds. The normalized spacial score (nSPS) is 13.8. The first-order chi connectivity index (χ1) is 8.52. The minimum Gasteiger partial charge on any atom is -0.489 e. The van der Waals surface area contributed by atoms with E-state index in [0.717, 1.165) is 10.2 Å². The first kappa shape index (κ1) is 15.0. The molecule has 4 nitrogen and oxygen atoms in total. The highest BCUT2D eigenvalue weighted by Gasteiger charge is 2.12. The number of nitrogens with one attached hydrogen (secondary N) is 1. The van der Waals surface area contributed by atoms with E-state index < -0.39 is 0 Å². The first-order valence-corrected chi connectivity index (χ1v) is 6.72. The van der Waals surface area contributed by atoms with Crippen LogP contribution >= 0.6 is 15.9 Å². The summed E-state index contributed by atoms with van der Waals surface area (Å²) in [6.45, 7) is 4.54. The Morgan fingerprint density at radius 3 is 2.56 bits per heavy atom. The number of carbonyl (C=O) groups is 1. The molecular weight excluding hydrogens is 296 g/mol. The van der Waals surface area contributed by atoms with Crippen LogP contribution in [0.1, 0.15) is 13.8 Å². The van der Waals surface area contributed by atoms with Gasteiger partial charge in [0, 0.05) is 16.9 Å². The summed E-state index contributed by atoms with van der Waals surface area (Å²) in [4.78, 5) is 11.5. The van der Waals surface area contributed by atoms with Crippen LogP contribution in [0.25, 0.3) is 0 Å². The molecule has 1 aromatic carbocycles. The number of carbonyl (C=O) groups excluding carboxylic acids is 1. The fourth-order valence-corrected chi connectivity index (χ4v) is 1.58. The second-order valence-electron chi connectivity index (χ2n) is 4.26. The number of ether oxygens (including phenoxy) is 1. The van der Waals surface area contributed by atoms with Gasteiger partial charge in [-0.25, -0.2) is 0 Å². The van der Waals surface area contributed by atoms with Crippen molar-refractivity contribution in [2.45, 2.75) is 20.0 Å². The monoisotopic (exact) mass is 314 g/mol. The quantitative estimate of drug-likeness (QED) is 0.843. The van der Waals surface area contributed by atoms with Crippen LogP contribution in [0.4, 0.5) is 0 Å². The van der Waals surface area contributed by atoms with E-state index in [1.807, 2.05) is 31.2 Å². The predicted molar refractivity (Wildman–Crippen MR) is 75.5 cm³/mol. The number of rotatable bonds is 6. The van der Waals surface area contributed by atoms with Gasteiger partial charge in [0.15, 0.2) is 0 Å². The minimum absolute atomic E-state index is 0.0382. The van der Waals surface area contributed by atoms with Crippen molar-refractivity contribution in [3.05, 3.63) is 28.7 Å². The van der Waals surface area contributed by atoms with Crippen LogP contribution in [0.15, 0.2) is 28.7 Å². The molecule has 0 saturated heterocycles. The first-order valence-electron chi connectivity index (χ1n) is 5.93. The molecule has 2 atom stereocenters. The number of hydrogen-bond donors (Lipinski definition) is 2. The number of nitrogens with two attached hydrogens (primary N) is 1. The van der Waals surface area contributed by atoms with Crippen molar-refractivity contribution < 1.29 is 9.53 Å². The largest absolute Gasteiger partial charge is 0.489 e. The Hall–Kier alpha value is -1.07. The van der Waals surface area contributed by atoms with Crippen molar-refractivity contribution in [3.63, 3.8) is 0 Å². The van der Waals surface area contributed by atoms with Gasteiger partial charge in [-0.15, -0.1) is 0 Å². The molecule has 1 aromatic rings. The zero-order valence-electron chi connectivity index (χ0n) is 10.7. The Bertz CT molecular complexity index is 381. The van der Waals surface area contributed by atoms with E-state index in [-0.39, 0.29) is 17.9 Å². The molecule has 0 radical (unpaired) electrons. The lowest BCUT2D eigenvalue weighted by Gasteiger charge is -2.17. The summed E-state index contributed by atoms with van der Waals surface area (Å²) in [5.41, 5.74) is 5.42. The van der Waals surface area contributed by atoms with Gasteiger partial charge in [-0.2, -0.15) is 0 Å². The second-order valence-corrected chi connectivity index (χ2v) is 5.18. The molecule has 100 valence electrons. The van der Waals surface area contributed by atoms with Crippen molar-refractivity contribution in [1.82, 2.24) is 5.32 Å². The Kier molecular flexibility index (Phi) is 6.15. The Morgan fingerprint density at radius 2 is 2.00 bits per heavy atom. The molecule has 0 aliphatic carbocycles. The van der Waals surface area contributed by atoms with Crippen molar-refractivity contribution >= 4 is 21.8 Å². The maximum absolute atomic E-state index is 11.5. The van der Waals surface area contributed by atoms with Gasteiger partial charge in [-0.1, -0.05) is 22.9 Å². The van der Waals surface area contributed by atoms with Gasteiger partial charge in [-0.3, -0.25) is 4.79 Å². The van der Waals surface area contributed by atoms with Gasteiger partial charge in [0.25, 0.3) is 0 Å². The molecule has 2 unspecified atom stereocenters. The summed E-state index contributed by atoms with van der Waals surface area (Å²) in [7, 11) is 0. The third-order valence-corrected chi connectivity index (χ3v) is 3.04. The maximum atomic E-state index is 11.5. The fourth-order valence-electron chi connectivity index (χ4n) is 1.31. The molecule has 0 aliphatic rings. The zero-order valence-corrected chi connectivity index (χ0v) is 12.2. The van der Waals surface area contributed by atoms with E-state index in [1.54, 1.807) is 6.92 Å². The molecule has 0 heterocycles. The van der Waals surface area contributed by atoms with Crippen molar-refractivity contribution in [2.75, 3.05) is 13.1 Å². The molecular formula is C13H19BrN2O2. The van der Waals surface area contributed by atoms with Crippen LogP contribution in [0, 0.1) is 5.92 Å². The van der Waals surface area contributed by atoms with Gasteiger partial charge in [0.2, 0.25) is 5.91 Å². The van der Waals surface area contributed by atoms with Crippen molar-refractivity contribution in [2.24, 2.45) is 11.7 Å². The number of benzene rings is 1. The molecule has 5 heteroatoms. The standard InChI is InChI=1S/C13H19BrN2O2/c1-9(7-15)13(17)16-8-10(2)18-12-5-3-11(14)4-6-12/h3-6,9-10H,7-8,15H2,1-2H3,(H,16,17). The van der Waals surface area contributed by atoms with Crippen LogP contribution in [0.2, 0.25) is 0 Å². The summed E-state index contributed by atoms with van der Waals surface area (Å²) in [5.74, 6) is 0.584. The zero-order chi connectivity index (χ0) is 13.5. The maximum Gasteiger partial charge on any atom is 0.224 e. The topological polar surface area (TPSA) is 64.4 Å². The predicted octanol–water partition coefficient (Wildman–Crippen LogP) is 1.93. The van der Waals surface area contributed by atoms with Crippen molar-refractivity contribution in [1.29, 1.82) is 0 Å². The average molecular weight is 315 g/mol. The van der Waals surface area contributed by atoms with Gasteiger partial charge in [-0.05, 0) is 31.2 Å². The molecule has 0 aromatic heterocycles. The lowest BCUT2D eigenvalue weighted by Crippen LogP contribution is -2.38. The smallest absolute Gasteiger partial charge is 0.224 e. The molecule has 0 saturated carbocycles. The minimum atomic E-state index is -0.162. The van der Waals surface area contributed by atoms with E-state index in [2.05, 4.69) is 21.2 Å². The third-order valence-electron chi connectivity index (χ3n) is 2.52. The van der Waals surface area contributed by atoms with E-state index in [1.165, 1.54) is 0 Å². The number of amides is 1. The molecule has 18 heavy (non-hydrogen) atoms. The number of halogens is 1. The molecule has 1 rings (SSSR count). The van der Waals surface area contributed by atoms with Gasteiger partial charge < -0.3 is 15.8 Å². The van der Waals surface area contributed by atoms with E-state index >= 15 is 0 Å². The SMILES string of the molecule is CC(CNC(=O)C(C)CN)Oc1ccc(Br)cc1. The van der Waals surface area contributed by atoms with Crippen LogP contribution in [0.5, 0.6) is 5.75 Å². The van der Waals surface area contributed by atoms with Crippen LogP contribution in [-0.2, 0) is 4.79 Å². The summed E-state index contributed by atoms with van der Waals surface area (Å²) < 4.78 is 6.67. The van der Waals surface area contributed by atoms with Crippen molar-refractivity contribution in [3.8, 4) is 5.75 Å². The van der Waals surface area contributed by atoms with Gasteiger partial charge in [0.05, 0.1) is 6.54 Å². The lowest BCUT2D eigenvalue weighted by atomic mass is 10.1. The third kappa shape index (κ3) is 5.06. The van der Waals surface area contributed by atoms with Crippen LogP contribution in [-0.4, -0.2) is 25.1 Å². The summed E-state index contributed by atoms with van der Waals surface area (Å²) in [6.07, 6.45) is -0.0832. The highest BCUT2D eigenvalue weighted by Crippen LogP contribution is 2.17. The highest BCUT2D eigenvalue weighted by molar-refractivity contribution is 9.10. The van der Waals surface area contributed by atoms with Gasteiger partial charge in [0.1, 0.15) is 11.9 Å². The summed E-state index contributed by atoms with van der Waals surface area (Å²) >= 11 is 3.36. The fraction of sp³-hybridized carbons (Fsp3) is 0.462. The summed E-state index contributed by atoms with van der Waals surface area (Å²) in [5, 5.41) is 2.81. The Morgan fingerprint density at radius 1 is 1.39 bits per heavy atom. The molecule has 3 N–H and O–H groups in total. The average Bonchev–Trinajstić information content (AvgIpc) is 2.37. The summed E-state index contributed by atoms with van der Waals surface area (Å²) in [6, 6.07) is 7.59. The highest BCUT2D eigenvalue weighted by atomic mass is 79.9. The Labute approximate surface area is 116 Å². The van der Waals surface area contributed by atoms with Crippen LogP contribution < -0.4 is 15.8 Å². The molecule has 0 fully saturated rings. The molecule has 0 aliphatic heterocycles. The number of hydrogen-bond acceptors (Lipinski definition) is 3.